The average molecular weight is 382 g/mol. The Hall–Kier alpha value is -2.93. The normalized spacial score (nSPS) is 14.9. The molecule has 28 heavy (non-hydrogen) atoms. The van der Waals surface area contributed by atoms with Crippen molar-refractivity contribution in [3.63, 3.8) is 0 Å². The van der Waals surface area contributed by atoms with Crippen molar-refractivity contribution < 1.29 is 9.72 Å². The number of amides is 1. The second-order valence-electron chi connectivity index (χ2n) is 7.33. The number of carbonyl (C=O) groups excluding carboxylic acids is 1. The van der Waals surface area contributed by atoms with E-state index in [2.05, 4.69) is 29.0 Å². The summed E-state index contributed by atoms with van der Waals surface area (Å²) in [5, 5.41) is 13.8. The maximum Gasteiger partial charge on any atom is 0.269 e. The molecule has 0 unspecified atom stereocenters. The van der Waals surface area contributed by atoms with Crippen LogP contribution in [-0.2, 0) is 4.79 Å². The van der Waals surface area contributed by atoms with Crippen molar-refractivity contribution in [3.8, 4) is 0 Å². The smallest absolute Gasteiger partial charge is 0.269 e. The second kappa shape index (κ2) is 8.84. The number of para-hydroxylation sites is 1. The zero-order chi connectivity index (χ0) is 20.1. The van der Waals surface area contributed by atoms with Gasteiger partial charge in [0.25, 0.3) is 5.69 Å². The van der Waals surface area contributed by atoms with Gasteiger partial charge in [-0.1, -0.05) is 32.0 Å². The van der Waals surface area contributed by atoms with Gasteiger partial charge in [-0.2, -0.15) is 0 Å². The first-order valence-electron chi connectivity index (χ1n) is 9.54. The summed E-state index contributed by atoms with van der Waals surface area (Å²) in [6.45, 7) is 7.71. The predicted molar refractivity (Wildman–Crippen MR) is 111 cm³/mol. The lowest BCUT2D eigenvalue weighted by molar-refractivity contribution is -0.384. The number of anilines is 2. The van der Waals surface area contributed by atoms with E-state index in [1.54, 1.807) is 12.1 Å². The minimum absolute atomic E-state index is 0.00288. The van der Waals surface area contributed by atoms with Gasteiger partial charge in [0.1, 0.15) is 0 Å². The molecule has 7 nitrogen and oxygen atoms in total. The fourth-order valence-corrected chi connectivity index (χ4v) is 3.46. The molecule has 0 radical (unpaired) electrons. The maximum atomic E-state index is 12.5. The number of carbonyl (C=O) groups is 1. The van der Waals surface area contributed by atoms with Crippen LogP contribution < -0.4 is 10.2 Å². The lowest BCUT2D eigenvalue weighted by atomic mass is 10.0. The molecule has 1 aliphatic rings. The molecule has 0 aromatic heterocycles. The van der Waals surface area contributed by atoms with E-state index in [0.29, 0.717) is 12.5 Å². The van der Waals surface area contributed by atoms with Gasteiger partial charge in [0, 0.05) is 49.7 Å². The predicted octanol–water partition coefficient (Wildman–Crippen LogP) is 3.48. The molecule has 1 saturated heterocycles. The largest absolute Gasteiger partial charge is 0.369 e. The number of non-ortho nitro benzene ring substituents is 1. The van der Waals surface area contributed by atoms with Crippen LogP contribution in [-0.4, -0.2) is 48.5 Å². The first kappa shape index (κ1) is 19.8. The van der Waals surface area contributed by atoms with Crippen LogP contribution in [0.25, 0.3) is 0 Å². The Morgan fingerprint density at radius 3 is 2.32 bits per heavy atom. The van der Waals surface area contributed by atoms with Gasteiger partial charge in [0.05, 0.1) is 11.5 Å². The van der Waals surface area contributed by atoms with Crippen LogP contribution in [0, 0.1) is 10.1 Å². The number of nitro benzene ring substituents is 1. The molecule has 1 aliphatic heterocycles. The molecular formula is C21H26N4O3. The number of hydrogen-bond donors (Lipinski definition) is 1. The fourth-order valence-electron chi connectivity index (χ4n) is 3.46. The summed E-state index contributed by atoms with van der Waals surface area (Å²) in [6, 6.07) is 14.5. The summed E-state index contributed by atoms with van der Waals surface area (Å²) in [4.78, 5) is 27.2. The first-order chi connectivity index (χ1) is 13.4. The molecule has 7 heteroatoms. The number of piperazine rings is 1. The molecule has 2 aromatic carbocycles. The van der Waals surface area contributed by atoms with E-state index in [1.807, 2.05) is 24.3 Å². The van der Waals surface area contributed by atoms with Gasteiger partial charge in [-0.3, -0.25) is 19.8 Å². The van der Waals surface area contributed by atoms with Crippen LogP contribution in [0.15, 0.2) is 48.5 Å². The molecule has 0 bridgehead atoms. The van der Waals surface area contributed by atoms with Gasteiger partial charge >= 0.3 is 0 Å². The lowest BCUT2D eigenvalue weighted by Crippen LogP contribution is -2.48. The highest BCUT2D eigenvalue weighted by molar-refractivity contribution is 5.93. The highest BCUT2D eigenvalue weighted by atomic mass is 16.6. The molecule has 1 fully saturated rings. The molecule has 1 N–H and O–H groups in total. The van der Waals surface area contributed by atoms with E-state index in [1.165, 1.54) is 12.1 Å². The minimum Gasteiger partial charge on any atom is -0.369 e. The zero-order valence-electron chi connectivity index (χ0n) is 16.3. The van der Waals surface area contributed by atoms with Crippen LogP contribution in [0.4, 0.5) is 17.1 Å². The lowest BCUT2D eigenvalue weighted by Gasteiger charge is -2.35. The molecule has 0 aliphatic carbocycles. The molecule has 1 heterocycles. The third-order valence-corrected chi connectivity index (χ3v) is 5.02. The number of nitrogens with zero attached hydrogens (tertiary/aromatic N) is 3. The van der Waals surface area contributed by atoms with Crippen LogP contribution >= 0.6 is 0 Å². The summed E-state index contributed by atoms with van der Waals surface area (Å²) in [7, 11) is 0. The van der Waals surface area contributed by atoms with Crippen molar-refractivity contribution in [3.05, 3.63) is 64.2 Å². The van der Waals surface area contributed by atoms with Gasteiger partial charge in [-0.25, -0.2) is 0 Å². The zero-order valence-corrected chi connectivity index (χ0v) is 16.3. The number of hydrogen-bond acceptors (Lipinski definition) is 5. The molecule has 2 aromatic rings. The Morgan fingerprint density at radius 1 is 1.07 bits per heavy atom. The topological polar surface area (TPSA) is 78.7 Å². The Balaban J connectivity index is 1.51. The summed E-state index contributed by atoms with van der Waals surface area (Å²) in [5.41, 5.74) is 3.09. The molecular weight excluding hydrogens is 356 g/mol. The summed E-state index contributed by atoms with van der Waals surface area (Å²) in [5.74, 6) is 0.346. The van der Waals surface area contributed by atoms with Crippen LogP contribution in [0.5, 0.6) is 0 Å². The third kappa shape index (κ3) is 4.86. The number of nitro groups is 1. The summed E-state index contributed by atoms with van der Waals surface area (Å²) in [6.07, 6.45) is 0. The van der Waals surface area contributed by atoms with E-state index in [0.717, 1.165) is 43.1 Å². The van der Waals surface area contributed by atoms with Crippen molar-refractivity contribution in [2.24, 2.45) is 0 Å². The Morgan fingerprint density at radius 2 is 1.71 bits per heavy atom. The maximum absolute atomic E-state index is 12.5. The average Bonchev–Trinajstić information content (AvgIpc) is 2.69. The number of benzene rings is 2. The highest BCUT2D eigenvalue weighted by Crippen LogP contribution is 2.24. The van der Waals surface area contributed by atoms with Crippen molar-refractivity contribution in [2.45, 2.75) is 19.8 Å². The Labute approximate surface area is 165 Å². The second-order valence-corrected chi connectivity index (χ2v) is 7.33. The van der Waals surface area contributed by atoms with Gasteiger partial charge in [-0.15, -0.1) is 0 Å². The van der Waals surface area contributed by atoms with Crippen LogP contribution in [0.3, 0.4) is 0 Å². The summed E-state index contributed by atoms with van der Waals surface area (Å²) >= 11 is 0. The first-order valence-corrected chi connectivity index (χ1v) is 9.54. The SMILES string of the molecule is CC(C)c1ccccc1NC(=O)CN1CCN(c2ccc([N+](=O)[O-])cc2)CC1. The highest BCUT2D eigenvalue weighted by Gasteiger charge is 2.20. The van der Waals surface area contributed by atoms with Gasteiger partial charge in [0.15, 0.2) is 0 Å². The van der Waals surface area contributed by atoms with Gasteiger partial charge in [0.2, 0.25) is 5.91 Å². The Bertz CT molecular complexity index is 828. The van der Waals surface area contributed by atoms with E-state index in [9.17, 15) is 14.9 Å². The standard InChI is InChI=1S/C21H26N4O3/c1-16(2)19-5-3-4-6-20(19)22-21(26)15-23-11-13-24(14-12-23)17-7-9-18(10-8-17)25(27)28/h3-10,16H,11-15H2,1-2H3,(H,22,26). The van der Waals surface area contributed by atoms with Crippen LogP contribution in [0.1, 0.15) is 25.3 Å². The minimum atomic E-state index is -0.391. The van der Waals surface area contributed by atoms with E-state index < -0.39 is 4.92 Å². The molecule has 148 valence electrons. The number of nitrogens with one attached hydrogen (secondary N) is 1. The van der Waals surface area contributed by atoms with Crippen molar-refractivity contribution in [2.75, 3.05) is 42.9 Å². The monoisotopic (exact) mass is 382 g/mol. The van der Waals surface area contributed by atoms with Crippen molar-refractivity contribution in [1.29, 1.82) is 0 Å². The molecule has 3 rings (SSSR count). The van der Waals surface area contributed by atoms with E-state index >= 15 is 0 Å². The Kier molecular flexibility index (Phi) is 6.26. The molecule has 1 amide bonds. The third-order valence-electron chi connectivity index (χ3n) is 5.02. The molecule has 0 spiro atoms. The van der Waals surface area contributed by atoms with E-state index in [-0.39, 0.29) is 11.6 Å². The van der Waals surface area contributed by atoms with Crippen LogP contribution in [0.2, 0.25) is 0 Å². The van der Waals surface area contributed by atoms with Crippen molar-refractivity contribution in [1.82, 2.24) is 4.90 Å². The number of rotatable bonds is 6. The summed E-state index contributed by atoms with van der Waals surface area (Å²) < 4.78 is 0. The van der Waals surface area contributed by atoms with Gasteiger partial charge in [-0.05, 0) is 29.7 Å². The van der Waals surface area contributed by atoms with Crippen molar-refractivity contribution >= 4 is 23.0 Å². The quantitative estimate of drug-likeness (QED) is 0.611. The molecule has 0 atom stereocenters. The fraction of sp³-hybridized carbons (Fsp3) is 0.381. The molecule has 0 saturated carbocycles. The van der Waals surface area contributed by atoms with Gasteiger partial charge < -0.3 is 10.2 Å². The van der Waals surface area contributed by atoms with E-state index in [4.69, 9.17) is 0 Å².